The van der Waals surface area contributed by atoms with Crippen molar-refractivity contribution in [2.45, 2.75) is 38.1 Å². The third-order valence-corrected chi connectivity index (χ3v) is 4.46. The minimum absolute atomic E-state index is 0.0292. The SMILES string of the molecule is CC(C1CC1)N(CC(F)(F)F)C(=O)CNCC1CN(C)CCO1. The molecule has 0 aromatic rings. The largest absolute Gasteiger partial charge is 0.406 e. The highest BCUT2D eigenvalue weighted by Crippen LogP contribution is 2.36. The molecule has 2 unspecified atom stereocenters. The molecule has 0 aromatic carbocycles. The van der Waals surface area contributed by atoms with E-state index in [4.69, 9.17) is 4.74 Å². The number of rotatable bonds is 7. The van der Waals surface area contributed by atoms with E-state index < -0.39 is 18.6 Å². The Kier molecular flexibility index (Phi) is 6.27. The standard InChI is InChI=1S/C15H26F3N3O2/c1-11(12-3-4-12)21(10-15(16,17)18)14(22)8-19-7-13-9-20(2)5-6-23-13/h11-13,19H,3-10H2,1-2H3. The normalized spacial score (nSPS) is 24.5. The van der Waals surface area contributed by atoms with E-state index in [0.29, 0.717) is 13.2 Å². The summed E-state index contributed by atoms with van der Waals surface area (Å²) >= 11 is 0. The fourth-order valence-electron chi connectivity index (χ4n) is 2.92. The molecule has 134 valence electrons. The quantitative estimate of drug-likeness (QED) is 0.756. The number of morpholine rings is 1. The lowest BCUT2D eigenvalue weighted by atomic mass is 10.1. The van der Waals surface area contributed by atoms with E-state index in [2.05, 4.69) is 10.2 Å². The van der Waals surface area contributed by atoms with Gasteiger partial charge in [-0.25, -0.2) is 0 Å². The molecule has 0 bridgehead atoms. The van der Waals surface area contributed by atoms with E-state index in [1.54, 1.807) is 6.92 Å². The van der Waals surface area contributed by atoms with Gasteiger partial charge in [0.15, 0.2) is 0 Å². The van der Waals surface area contributed by atoms with Gasteiger partial charge in [-0.3, -0.25) is 4.79 Å². The highest BCUT2D eigenvalue weighted by atomic mass is 19.4. The van der Waals surface area contributed by atoms with Crippen LogP contribution in [-0.2, 0) is 9.53 Å². The van der Waals surface area contributed by atoms with Crippen LogP contribution < -0.4 is 5.32 Å². The number of hydrogen-bond donors (Lipinski definition) is 1. The average Bonchev–Trinajstić information content (AvgIpc) is 3.27. The van der Waals surface area contributed by atoms with E-state index in [0.717, 1.165) is 30.8 Å². The molecule has 1 aliphatic carbocycles. The summed E-state index contributed by atoms with van der Waals surface area (Å²) in [6.45, 7) is 3.17. The van der Waals surface area contributed by atoms with Crippen LogP contribution in [0.5, 0.6) is 0 Å². The zero-order valence-electron chi connectivity index (χ0n) is 13.7. The zero-order chi connectivity index (χ0) is 17.0. The molecule has 0 radical (unpaired) electrons. The molecule has 1 saturated carbocycles. The van der Waals surface area contributed by atoms with Gasteiger partial charge in [-0.05, 0) is 32.7 Å². The Morgan fingerprint density at radius 1 is 1.43 bits per heavy atom. The second-order valence-electron chi connectivity index (χ2n) is 6.60. The van der Waals surface area contributed by atoms with Crippen molar-refractivity contribution in [3.05, 3.63) is 0 Å². The number of nitrogens with zero attached hydrogens (tertiary/aromatic N) is 2. The lowest BCUT2D eigenvalue weighted by molar-refractivity contribution is -0.165. The molecule has 1 saturated heterocycles. The lowest BCUT2D eigenvalue weighted by Gasteiger charge is -2.32. The number of nitrogens with one attached hydrogen (secondary N) is 1. The number of alkyl halides is 3. The molecule has 5 nitrogen and oxygen atoms in total. The van der Waals surface area contributed by atoms with Gasteiger partial charge in [0.05, 0.1) is 19.3 Å². The Bertz CT molecular complexity index is 402. The second kappa shape index (κ2) is 7.81. The molecule has 2 atom stereocenters. The first-order valence-corrected chi connectivity index (χ1v) is 8.13. The fraction of sp³-hybridized carbons (Fsp3) is 0.933. The third kappa shape index (κ3) is 6.27. The molecule has 2 rings (SSSR count). The zero-order valence-corrected chi connectivity index (χ0v) is 13.7. The van der Waals surface area contributed by atoms with Crippen molar-refractivity contribution in [1.82, 2.24) is 15.1 Å². The van der Waals surface area contributed by atoms with Crippen molar-refractivity contribution in [1.29, 1.82) is 0 Å². The van der Waals surface area contributed by atoms with Crippen LogP contribution >= 0.6 is 0 Å². The number of amides is 1. The maximum atomic E-state index is 12.7. The van der Waals surface area contributed by atoms with Crippen molar-refractivity contribution in [2.75, 3.05) is 46.4 Å². The summed E-state index contributed by atoms with van der Waals surface area (Å²) in [6.07, 6.45) is -2.59. The van der Waals surface area contributed by atoms with E-state index >= 15 is 0 Å². The number of hydrogen-bond acceptors (Lipinski definition) is 4. The fourth-order valence-corrected chi connectivity index (χ4v) is 2.92. The van der Waals surface area contributed by atoms with Gasteiger partial charge in [0.25, 0.3) is 0 Å². The van der Waals surface area contributed by atoms with Gasteiger partial charge in [-0.1, -0.05) is 0 Å². The molecule has 23 heavy (non-hydrogen) atoms. The maximum Gasteiger partial charge on any atom is 0.406 e. The van der Waals surface area contributed by atoms with Crippen molar-refractivity contribution < 1.29 is 22.7 Å². The summed E-state index contributed by atoms with van der Waals surface area (Å²) in [5.41, 5.74) is 0. The number of carbonyl (C=O) groups excluding carboxylic acids is 1. The Morgan fingerprint density at radius 2 is 2.13 bits per heavy atom. The molecular weight excluding hydrogens is 311 g/mol. The van der Waals surface area contributed by atoms with Crippen LogP contribution in [0.15, 0.2) is 0 Å². The van der Waals surface area contributed by atoms with Gasteiger partial charge >= 0.3 is 6.18 Å². The second-order valence-corrected chi connectivity index (χ2v) is 6.60. The van der Waals surface area contributed by atoms with Gasteiger partial charge < -0.3 is 19.9 Å². The lowest BCUT2D eigenvalue weighted by Crippen LogP contribution is -2.50. The molecule has 1 amide bonds. The molecule has 2 fully saturated rings. The summed E-state index contributed by atoms with van der Waals surface area (Å²) in [7, 11) is 1.99. The third-order valence-electron chi connectivity index (χ3n) is 4.46. The van der Waals surface area contributed by atoms with Crippen molar-refractivity contribution in [3.8, 4) is 0 Å². The van der Waals surface area contributed by atoms with Crippen LogP contribution in [0.25, 0.3) is 0 Å². The predicted molar refractivity (Wildman–Crippen MR) is 80.1 cm³/mol. The molecule has 8 heteroatoms. The van der Waals surface area contributed by atoms with Gasteiger partial charge in [-0.15, -0.1) is 0 Å². The number of carbonyl (C=O) groups is 1. The number of halogens is 3. The van der Waals surface area contributed by atoms with Crippen molar-refractivity contribution >= 4 is 5.91 Å². The molecule has 2 aliphatic rings. The van der Waals surface area contributed by atoms with Gasteiger partial charge in [0, 0.05) is 25.7 Å². The van der Waals surface area contributed by atoms with Crippen LogP contribution in [0.1, 0.15) is 19.8 Å². The van der Waals surface area contributed by atoms with Crippen LogP contribution in [0.2, 0.25) is 0 Å². The summed E-state index contributed by atoms with van der Waals surface area (Å²) < 4.78 is 43.7. The first-order chi connectivity index (χ1) is 10.8. The Balaban J connectivity index is 1.79. The van der Waals surface area contributed by atoms with Crippen molar-refractivity contribution in [3.63, 3.8) is 0 Å². The first-order valence-electron chi connectivity index (χ1n) is 8.13. The highest BCUT2D eigenvalue weighted by molar-refractivity contribution is 5.78. The van der Waals surface area contributed by atoms with E-state index in [1.807, 2.05) is 7.05 Å². The van der Waals surface area contributed by atoms with E-state index in [1.165, 1.54) is 0 Å². The van der Waals surface area contributed by atoms with Gasteiger partial charge in [-0.2, -0.15) is 13.2 Å². The number of ether oxygens (including phenoxy) is 1. The minimum atomic E-state index is -4.37. The smallest absolute Gasteiger partial charge is 0.374 e. The van der Waals surface area contributed by atoms with Crippen LogP contribution in [0, 0.1) is 5.92 Å². The van der Waals surface area contributed by atoms with Crippen LogP contribution in [0.4, 0.5) is 13.2 Å². The van der Waals surface area contributed by atoms with Gasteiger partial charge in [0.2, 0.25) is 5.91 Å². The molecule has 0 aromatic heterocycles. The van der Waals surface area contributed by atoms with Gasteiger partial charge in [0.1, 0.15) is 6.54 Å². The molecule has 1 heterocycles. The molecule has 1 N–H and O–H groups in total. The minimum Gasteiger partial charge on any atom is -0.374 e. The predicted octanol–water partition coefficient (Wildman–Crippen LogP) is 1.10. The Morgan fingerprint density at radius 3 is 2.70 bits per heavy atom. The highest BCUT2D eigenvalue weighted by Gasteiger charge is 2.40. The molecule has 0 spiro atoms. The summed E-state index contributed by atoms with van der Waals surface area (Å²) in [5.74, 6) is -0.289. The van der Waals surface area contributed by atoms with Crippen molar-refractivity contribution in [2.24, 2.45) is 5.92 Å². The summed E-state index contributed by atoms with van der Waals surface area (Å²) in [4.78, 5) is 15.3. The molecular formula is C15H26F3N3O2. The summed E-state index contributed by atoms with van der Waals surface area (Å²) in [6, 6.07) is -0.358. The topological polar surface area (TPSA) is 44.8 Å². The Labute approximate surface area is 135 Å². The monoisotopic (exact) mass is 337 g/mol. The van der Waals surface area contributed by atoms with E-state index in [-0.39, 0.29) is 24.6 Å². The molecule has 1 aliphatic heterocycles. The van der Waals surface area contributed by atoms with E-state index in [9.17, 15) is 18.0 Å². The summed E-state index contributed by atoms with van der Waals surface area (Å²) in [5, 5.41) is 2.95. The maximum absolute atomic E-state index is 12.7. The average molecular weight is 337 g/mol. The Hall–Kier alpha value is -0.860. The van der Waals surface area contributed by atoms with Crippen LogP contribution in [-0.4, -0.2) is 80.4 Å². The first kappa shape index (κ1) is 18.5. The number of likely N-dealkylation sites (N-methyl/N-ethyl adjacent to an activating group) is 1. The van der Waals surface area contributed by atoms with Crippen LogP contribution in [0.3, 0.4) is 0 Å².